The Bertz CT molecular complexity index is 409. The molecule has 1 saturated heterocycles. The van der Waals surface area contributed by atoms with Crippen molar-refractivity contribution in [1.29, 1.82) is 0 Å². The van der Waals surface area contributed by atoms with Gasteiger partial charge < -0.3 is 10.2 Å². The number of amides is 1. The van der Waals surface area contributed by atoms with E-state index in [0.717, 1.165) is 24.8 Å². The third kappa shape index (κ3) is 3.42. The highest BCUT2D eigenvalue weighted by molar-refractivity contribution is 7.99. The SMILES string of the molecule is C[C@@H]1CN(C(=O)CCSc2nnnn2C)CCN1. The van der Waals surface area contributed by atoms with Gasteiger partial charge in [-0.25, -0.2) is 4.68 Å². The minimum Gasteiger partial charge on any atom is -0.340 e. The number of aryl methyl sites for hydroxylation is 1. The third-order valence-electron chi connectivity index (χ3n) is 2.85. The van der Waals surface area contributed by atoms with Crippen LogP contribution in [0.4, 0.5) is 0 Å². The van der Waals surface area contributed by atoms with Gasteiger partial charge in [0.2, 0.25) is 11.1 Å². The standard InChI is InChI=1S/C10H18N6OS/c1-8-7-16(5-4-11-8)9(17)3-6-18-10-12-13-14-15(10)2/h8,11H,3-7H2,1-2H3/t8-/m1/s1. The highest BCUT2D eigenvalue weighted by Gasteiger charge is 2.20. The first-order valence-electron chi connectivity index (χ1n) is 6.03. The lowest BCUT2D eigenvalue weighted by molar-refractivity contribution is -0.131. The van der Waals surface area contributed by atoms with Gasteiger partial charge >= 0.3 is 0 Å². The fourth-order valence-electron chi connectivity index (χ4n) is 1.89. The summed E-state index contributed by atoms with van der Waals surface area (Å²) in [5.74, 6) is 0.928. The predicted molar refractivity (Wildman–Crippen MR) is 68.2 cm³/mol. The molecule has 1 N–H and O–H groups in total. The van der Waals surface area contributed by atoms with E-state index in [1.807, 2.05) is 4.90 Å². The molecule has 1 aromatic heterocycles. The third-order valence-corrected chi connectivity index (χ3v) is 3.86. The second-order valence-corrected chi connectivity index (χ2v) is 5.44. The van der Waals surface area contributed by atoms with Crippen molar-refractivity contribution in [3.8, 4) is 0 Å². The fourth-order valence-corrected chi connectivity index (χ4v) is 2.67. The number of carbonyl (C=O) groups excluding carboxylic acids is 1. The Labute approximate surface area is 110 Å². The van der Waals surface area contributed by atoms with Gasteiger partial charge in [-0.3, -0.25) is 4.79 Å². The van der Waals surface area contributed by atoms with E-state index in [0.29, 0.717) is 18.2 Å². The van der Waals surface area contributed by atoms with E-state index in [-0.39, 0.29) is 5.91 Å². The molecular formula is C10H18N6OS. The van der Waals surface area contributed by atoms with Gasteiger partial charge in [-0.2, -0.15) is 0 Å². The summed E-state index contributed by atoms with van der Waals surface area (Å²) in [4.78, 5) is 13.9. The van der Waals surface area contributed by atoms with Crippen molar-refractivity contribution in [1.82, 2.24) is 30.4 Å². The molecule has 1 atom stereocenters. The second-order valence-electron chi connectivity index (χ2n) is 4.38. The summed E-state index contributed by atoms with van der Waals surface area (Å²) in [6.45, 7) is 4.58. The Morgan fingerprint density at radius 3 is 3.11 bits per heavy atom. The van der Waals surface area contributed by atoms with Gasteiger partial charge in [0.15, 0.2) is 0 Å². The minimum absolute atomic E-state index is 0.214. The molecule has 0 unspecified atom stereocenters. The number of thioether (sulfide) groups is 1. The molecule has 1 aliphatic rings. The Morgan fingerprint density at radius 2 is 2.44 bits per heavy atom. The van der Waals surface area contributed by atoms with Crippen LogP contribution in [0.3, 0.4) is 0 Å². The highest BCUT2D eigenvalue weighted by Crippen LogP contribution is 2.14. The molecule has 18 heavy (non-hydrogen) atoms. The monoisotopic (exact) mass is 270 g/mol. The maximum Gasteiger partial charge on any atom is 0.223 e. The first kappa shape index (κ1) is 13.3. The van der Waals surface area contributed by atoms with Gasteiger partial charge in [-0.05, 0) is 17.4 Å². The maximum atomic E-state index is 12.0. The Balaban J connectivity index is 1.73. The zero-order valence-electron chi connectivity index (χ0n) is 10.7. The molecule has 2 rings (SSSR count). The van der Waals surface area contributed by atoms with Crippen molar-refractivity contribution in [3.05, 3.63) is 0 Å². The topological polar surface area (TPSA) is 75.9 Å². The van der Waals surface area contributed by atoms with Crippen molar-refractivity contribution >= 4 is 17.7 Å². The van der Waals surface area contributed by atoms with Gasteiger partial charge in [0.05, 0.1) is 0 Å². The van der Waals surface area contributed by atoms with Crippen LogP contribution in [0.25, 0.3) is 0 Å². The molecule has 0 aromatic carbocycles. The normalized spacial score (nSPS) is 20.1. The first-order chi connectivity index (χ1) is 8.66. The van der Waals surface area contributed by atoms with Crippen molar-refractivity contribution in [2.24, 2.45) is 7.05 Å². The molecule has 1 amide bonds. The molecule has 1 aromatic rings. The fraction of sp³-hybridized carbons (Fsp3) is 0.800. The largest absolute Gasteiger partial charge is 0.340 e. The van der Waals surface area contributed by atoms with Gasteiger partial charge in [-0.1, -0.05) is 11.8 Å². The summed E-state index contributed by atoms with van der Waals surface area (Å²) < 4.78 is 1.61. The lowest BCUT2D eigenvalue weighted by Crippen LogP contribution is -2.51. The van der Waals surface area contributed by atoms with E-state index >= 15 is 0 Å². The van der Waals surface area contributed by atoms with E-state index in [1.54, 1.807) is 11.7 Å². The molecule has 0 bridgehead atoms. The van der Waals surface area contributed by atoms with E-state index in [9.17, 15) is 4.79 Å². The summed E-state index contributed by atoms with van der Waals surface area (Å²) in [5, 5.41) is 15.2. The lowest BCUT2D eigenvalue weighted by Gasteiger charge is -2.31. The van der Waals surface area contributed by atoms with Crippen LogP contribution >= 0.6 is 11.8 Å². The summed E-state index contributed by atoms with van der Waals surface area (Å²) in [7, 11) is 1.79. The van der Waals surface area contributed by atoms with Crippen LogP contribution in [0, 0.1) is 0 Å². The summed E-state index contributed by atoms with van der Waals surface area (Å²) in [5.41, 5.74) is 0. The van der Waals surface area contributed by atoms with E-state index in [1.165, 1.54) is 11.8 Å². The second kappa shape index (κ2) is 6.14. The summed E-state index contributed by atoms with van der Waals surface area (Å²) in [6.07, 6.45) is 0.532. The van der Waals surface area contributed by atoms with E-state index in [2.05, 4.69) is 27.8 Å². The average molecular weight is 270 g/mol. The van der Waals surface area contributed by atoms with Crippen LogP contribution in [0.5, 0.6) is 0 Å². The highest BCUT2D eigenvalue weighted by atomic mass is 32.2. The van der Waals surface area contributed by atoms with Gasteiger partial charge in [0.1, 0.15) is 0 Å². The number of carbonyl (C=O) groups is 1. The number of hydrogen-bond acceptors (Lipinski definition) is 6. The van der Waals surface area contributed by atoms with Crippen molar-refractivity contribution in [3.63, 3.8) is 0 Å². The van der Waals surface area contributed by atoms with Crippen LogP contribution < -0.4 is 5.32 Å². The van der Waals surface area contributed by atoms with Crippen LogP contribution in [0.1, 0.15) is 13.3 Å². The zero-order chi connectivity index (χ0) is 13.0. The molecule has 0 aliphatic carbocycles. The van der Waals surface area contributed by atoms with Gasteiger partial charge in [0.25, 0.3) is 0 Å². The predicted octanol–water partition coefficient (Wildman–Crippen LogP) is -0.487. The number of nitrogens with one attached hydrogen (secondary N) is 1. The maximum absolute atomic E-state index is 12.0. The Kier molecular flexibility index (Phi) is 4.54. The molecule has 0 spiro atoms. The number of piperazine rings is 1. The first-order valence-corrected chi connectivity index (χ1v) is 7.01. The van der Waals surface area contributed by atoms with Crippen LogP contribution in [0.15, 0.2) is 5.16 Å². The van der Waals surface area contributed by atoms with Crippen LogP contribution in [0.2, 0.25) is 0 Å². The molecule has 1 fully saturated rings. The average Bonchev–Trinajstić information content (AvgIpc) is 2.75. The Morgan fingerprint density at radius 1 is 1.61 bits per heavy atom. The van der Waals surface area contributed by atoms with Crippen LogP contribution in [-0.4, -0.2) is 62.4 Å². The molecule has 7 nitrogen and oxygen atoms in total. The number of hydrogen-bond donors (Lipinski definition) is 1. The minimum atomic E-state index is 0.214. The quantitative estimate of drug-likeness (QED) is 0.744. The number of aromatic nitrogens is 4. The Hall–Kier alpha value is -1.15. The molecular weight excluding hydrogens is 252 g/mol. The number of nitrogens with zero attached hydrogens (tertiary/aromatic N) is 5. The summed E-state index contributed by atoms with van der Waals surface area (Å²) >= 11 is 1.51. The van der Waals surface area contributed by atoms with Crippen molar-refractivity contribution in [2.75, 3.05) is 25.4 Å². The smallest absolute Gasteiger partial charge is 0.223 e. The van der Waals surface area contributed by atoms with E-state index in [4.69, 9.17) is 0 Å². The van der Waals surface area contributed by atoms with E-state index < -0.39 is 0 Å². The molecule has 8 heteroatoms. The number of rotatable bonds is 4. The molecule has 2 heterocycles. The molecule has 1 aliphatic heterocycles. The molecule has 100 valence electrons. The van der Waals surface area contributed by atoms with Gasteiger partial charge in [0, 0.05) is 44.9 Å². The van der Waals surface area contributed by atoms with Crippen LogP contribution in [-0.2, 0) is 11.8 Å². The summed E-state index contributed by atoms with van der Waals surface area (Å²) in [6, 6.07) is 0.387. The zero-order valence-corrected chi connectivity index (χ0v) is 11.5. The van der Waals surface area contributed by atoms with Crippen molar-refractivity contribution < 1.29 is 4.79 Å². The number of tetrazole rings is 1. The van der Waals surface area contributed by atoms with Crippen molar-refractivity contribution in [2.45, 2.75) is 24.5 Å². The van der Waals surface area contributed by atoms with Gasteiger partial charge in [-0.15, -0.1) is 5.10 Å². The lowest BCUT2D eigenvalue weighted by atomic mass is 10.2. The molecule has 0 radical (unpaired) electrons. The molecule has 0 saturated carbocycles.